The van der Waals surface area contributed by atoms with Gasteiger partial charge in [-0.3, -0.25) is 0 Å². The number of carbonyl (C=O) groups is 3. The van der Waals surface area contributed by atoms with Crippen LogP contribution in [0, 0.1) is 6.92 Å². The summed E-state index contributed by atoms with van der Waals surface area (Å²) in [6, 6.07) is 22.7. The van der Waals surface area contributed by atoms with Crippen LogP contribution in [0.5, 0.6) is 0 Å². The third-order valence-corrected chi connectivity index (χ3v) is 45.6. The van der Waals surface area contributed by atoms with Crippen molar-refractivity contribution in [3.63, 3.8) is 0 Å². The number of allylic oxidation sites excluding steroid dienone is 6. The first-order valence-electron chi connectivity index (χ1n) is 33.2. The normalized spacial score (nSPS) is 14.0. The third-order valence-electron chi connectivity index (χ3n) is 13.2. The van der Waals surface area contributed by atoms with Crippen LogP contribution in [0.15, 0.2) is 193 Å². The van der Waals surface area contributed by atoms with Crippen LogP contribution in [0.4, 0.5) is 0 Å². The molecule has 0 aromatic heterocycles. The molecule has 32 heteroatoms. The van der Waals surface area contributed by atoms with E-state index in [9.17, 15) is 39.6 Å². The maximum atomic E-state index is 13.5. The fourth-order valence-electron chi connectivity index (χ4n) is 9.94. The van der Waals surface area contributed by atoms with Crippen LogP contribution in [0.1, 0.15) is 77.3 Å². The van der Waals surface area contributed by atoms with Crippen LogP contribution in [0.3, 0.4) is 0 Å². The van der Waals surface area contributed by atoms with Gasteiger partial charge in [-0.2, -0.15) is 0 Å². The lowest BCUT2D eigenvalue weighted by Crippen LogP contribution is -2.61. The van der Waals surface area contributed by atoms with Crippen molar-refractivity contribution in [3.8, 4) is 0 Å². The number of nitrogens with one attached hydrogen (secondary N) is 1. The van der Waals surface area contributed by atoms with Gasteiger partial charge in [0.1, 0.15) is 0 Å². The summed E-state index contributed by atoms with van der Waals surface area (Å²) in [5.41, 5.74) is 2.84. The lowest BCUT2D eigenvalue weighted by molar-refractivity contribution is -0.138. The van der Waals surface area contributed by atoms with E-state index in [0.29, 0.717) is 18.3 Å². The van der Waals surface area contributed by atoms with Gasteiger partial charge in [0.15, 0.2) is 48.0 Å². The number of hydrogen-bond donors (Lipinski definition) is 1. The van der Waals surface area contributed by atoms with Gasteiger partial charge in [-0.15, -0.1) is 0 Å². The summed E-state index contributed by atoms with van der Waals surface area (Å²) in [6.07, 6.45) is 16.0. The SMILES string of the molecule is C.C.C.C.C.C.C=C(CN(C)/C=C/C=C(/C(=O)OCC)S(=O)(=O)c1ccccc1)[Si](C)(O[Si](C)(C)O[Si](C)(C)C)O[Si](C)(/C=C/CN(C)/C=C/C=C(\C(=O)OCC)S(=O)(=O)c1ccc(C)cc1)O[Si](C)(C)C.CCOC(=O)/C(=C\C=C\NCCC[Si](C)(O[Si](C)(C)C)O[Si](C)(C)C)S(=O)(=O)c1ccccc1. The van der Waals surface area contributed by atoms with Gasteiger partial charge in [-0.1, -0.05) is 111 Å². The Balaban J connectivity index is -0.000000723. The molecule has 0 aliphatic rings. The summed E-state index contributed by atoms with van der Waals surface area (Å²) in [6.45, 7) is 48.3. The van der Waals surface area contributed by atoms with Gasteiger partial charge in [0, 0.05) is 33.7 Å². The molecule has 2 unspecified atom stereocenters. The number of rotatable bonds is 40. The zero-order valence-corrected chi connectivity index (χ0v) is 73.7. The second-order valence-corrected chi connectivity index (χ2v) is 66.3. The van der Waals surface area contributed by atoms with Crippen LogP contribution in [-0.2, 0) is 82.8 Å². The van der Waals surface area contributed by atoms with Crippen LogP contribution in [0.2, 0.25) is 117 Å². The van der Waals surface area contributed by atoms with E-state index in [1.54, 1.807) is 99.8 Å². The molecule has 0 radical (unpaired) electrons. The fraction of sp³-hybridized carbons (Fsp3) is 0.500. The van der Waals surface area contributed by atoms with Gasteiger partial charge < -0.3 is 54.0 Å². The first kappa shape index (κ1) is 109. The first-order valence-corrected chi connectivity index (χ1v) is 61.3. The predicted molar refractivity (Wildman–Crippen MR) is 461 cm³/mol. The highest BCUT2D eigenvalue weighted by Crippen LogP contribution is 2.33. The summed E-state index contributed by atoms with van der Waals surface area (Å²) >= 11 is 0. The monoisotopic (exact) mass is 1680 g/mol. The van der Waals surface area contributed by atoms with E-state index in [2.05, 4.69) is 97.0 Å². The number of esters is 3. The molecule has 606 valence electrons. The van der Waals surface area contributed by atoms with Crippen molar-refractivity contribution in [2.75, 3.05) is 53.6 Å². The first-order chi connectivity index (χ1) is 45.9. The number of sulfone groups is 3. The molecule has 1 N–H and O–H groups in total. The van der Waals surface area contributed by atoms with Crippen LogP contribution < -0.4 is 5.32 Å². The molecule has 0 saturated heterocycles. The highest BCUT2D eigenvalue weighted by Gasteiger charge is 2.50. The average molecular weight is 1680 g/mol. The Kier molecular flexibility index (Phi) is 49.2. The molecular weight excluding hydrogens is 1540 g/mol. The smallest absolute Gasteiger partial charge is 0.350 e. The minimum absolute atomic E-state index is 0. The Morgan fingerprint density at radius 2 is 0.830 bits per heavy atom. The second-order valence-electron chi connectivity index (χ2n) is 28.2. The molecule has 0 saturated carbocycles. The van der Waals surface area contributed by atoms with Crippen molar-refractivity contribution >= 4 is 115 Å². The van der Waals surface area contributed by atoms with E-state index in [0.717, 1.165) is 18.0 Å². The second kappa shape index (κ2) is 47.7. The highest BCUT2D eigenvalue weighted by atomic mass is 32.2. The molecule has 0 amide bonds. The Morgan fingerprint density at radius 1 is 0.472 bits per heavy atom. The molecular formula is C74H137N3O18S3Si8. The lowest BCUT2D eigenvalue weighted by Gasteiger charge is -2.44. The number of ether oxygens (including phenoxy) is 3. The number of hydrogen-bond acceptors (Lipinski definition) is 21. The topological polar surface area (TPSA) is 255 Å². The summed E-state index contributed by atoms with van der Waals surface area (Å²) < 4.78 is 136. The average Bonchev–Trinajstić information content (AvgIpc) is 0.797. The van der Waals surface area contributed by atoms with E-state index in [1.165, 1.54) is 72.9 Å². The fourth-order valence-corrected chi connectivity index (χ4v) is 48.4. The molecule has 106 heavy (non-hydrogen) atoms. The van der Waals surface area contributed by atoms with Crippen molar-refractivity contribution in [2.24, 2.45) is 0 Å². The van der Waals surface area contributed by atoms with E-state index >= 15 is 0 Å². The number of likely N-dealkylation sites (N-methyl/N-ethyl adjacent to an activating group) is 2. The van der Waals surface area contributed by atoms with E-state index in [1.807, 2.05) is 56.8 Å². The predicted octanol–water partition coefficient (Wildman–Crippen LogP) is 17.8. The molecule has 0 heterocycles. The van der Waals surface area contributed by atoms with Crippen molar-refractivity contribution in [3.05, 3.63) is 184 Å². The highest BCUT2D eigenvalue weighted by molar-refractivity contribution is 7.97. The van der Waals surface area contributed by atoms with Gasteiger partial charge in [0.05, 0.1) is 34.5 Å². The Hall–Kier alpha value is -5.26. The summed E-state index contributed by atoms with van der Waals surface area (Å²) in [4.78, 5) is 40.3. The van der Waals surface area contributed by atoms with Gasteiger partial charge >= 0.3 is 52.2 Å². The molecule has 2 atom stereocenters. The Morgan fingerprint density at radius 3 is 1.20 bits per heavy atom. The van der Waals surface area contributed by atoms with Gasteiger partial charge in [-0.25, -0.2) is 39.6 Å². The molecule has 0 aliphatic carbocycles. The third kappa shape index (κ3) is 39.9. The van der Waals surface area contributed by atoms with Crippen molar-refractivity contribution in [1.29, 1.82) is 0 Å². The van der Waals surface area contributed by atoms with Crippen LogP contribution in [-0.4, -0.2) is 174 Å². The van der Waals surface area contributed by atoms with Gasteiger partial charge in [0.2, 0.25) is 29.5 Å². The maximum Gasteiger partial charge on any atom is 0.350 e. The van der Waals surface area contributed by atoms with Gasteiger partial charge in [-0.05, 0) is 254 Å². The van der Waals surface area contributed by atoms with E-state index in [4.69, 9.17) is 38.9 Å². The van der Waals surface area contributed by atoms with Gasteiger partial charge in [0.25, 0.3) is 0 Å². The largest absolute Gasteiger partial charge is 0.462 e. The lowest BCUT2D eigenvalue weighted by atomic mass is 10.2. The molecule has 0 fully saturated rings. The zero-order chi connectivity index (χ0) is 76.4. The van der Waals surface area contributed by atoms with E-state index in [-0.39, 0.29) is 85.6 Å². The zero-order valence-electron chi connectivity index (χ0n) is 63.3. The van der Waals surface area contributed by atoms with Crippen molar-refractivity contribution < 1.29 is 78.5 Å². The molecule has 0 spiro atoms. The number of nitrogens with zero attached hydrogens (tertiary/aromatic N) is 2. The molecule has 0 aliphatic heterocycles. The van der Waals surface area contributed by atoms with Crippen molar-refractivity contribution in [2.45, 2.75) is 211 Å². The Labute approximate surface area is 651 Å². The summed E-state index contributed by atoms with van der Waals surface area (Å²) in [7, 11) is -28.4. The molecule has 21 nitrogen and oxygen atoms in total. The quantitative estimate of drug-likeness (QED) is 0.0139. The standard InChI is InChI=1S/C45H72N2O12S2Si5.C23H41NO6SSi3.6CH4/c1-17-54-44(48)42(60(50,51)40-25-20-19-21-26-40)28-23-34-47(6)37-39(4)66(16,58-64(13,14)56-62(7,8)9)59-65(15,57-63(10,11)12)36-24-35-46(5)33-22-27-43(45(49)55-18-2)61(52,53)41-31-29-38(3)30-32-41;1-9-28-23(25)22(31(26,27)21-15-11-10-12-16-21)17-13-18-24-19-14-20-34(8,29-32(2,3)4)30-33(5,6)7;;;;;;/h19-34,36H,4,17-18,35,37H2,1-3,5-16H3;10-13,15-18,24H,9,14,19-20H2,1-8H3;6*1H4/b33-22+,34-23+,36-24+,42-28-,43-27+;18-13+,22-17+;;;;;;. The summed E-state index contributed by atoms with van der Waals surface area (Å²) in [5.74, 6) is -2.77. The number of aryl methyl sites for hydroxylation is 1. The van der Waals surface area contributed by atoms with Crippen molar-refractivity contribution in [1.82, 2.24) is 15.1 Å². The summed E-state index contributed by atoms with van der Waals surface area (Å²) in [5, 5.41) is 3.83. The number of carbonyl (C=O) groups excluding carboxylic acids is 3. The van der Waals surface area contributed by atoms with Crippen LogP contribution >= 0.6 is 0 Å². The van der Waals surface area contributed by atoms with E-state index < -0.39 is 130 Å². The maximum absolute atomic E-state index is 13.5. The minimum atomic E-state index is -4.18. The van der Waals surface area contributed by atoms with Crippen LogP contribution in [0.25, 0.3) is 0 Å². The molecule has 0 bridgehead atoms. The molecule has 3 aromatic carbocycles. The minimum Gasteiger partial charge on any atom is -0.462 e. The number of benzene rings is 3. The molecule has 3 aromatic rings. The Bertz CT molecular complexity index is 3740. The molecule has 3 rings (SSSR count).